The monoisotopic (exact) mass is 551 g/mol. The van der Waals surface area contributed by atoms with Crippen molar-refractivity contribution in [3.63, 3.8) is 0 Å². The maximum Gasteiger partial charge on any atom is 0.245 e. The van der Waals surface area contributed by atoms with E-state index in [4.69, 9.17) is 34.7 Å². The summed E-state index contributed by atoms with van der Waals surface area (Å²) in [5.74, 6) is -0.469. The van der Waals surface area contributed by atoms with E-state index in [0.717, 1.165) is 12.0 Å². The molecule has 1 fully saturated rings. The van der Waals surface area contributed by atoms with Crippen LogP contribution in [0.1, 0.15) is 43.9 Å². The van der Waals surface area contributed by atoms with Crippen molar-refractivity contribution in [3.05, 3.63) is 63.4 Å². The third-order valence-electron chi connectivity index (χ3n) is 6.49. The summed E-state index contributed by atoms with van der Waals surface area (Å²) in [7, 11) is 0. The van der Waals surface area contributed by atoms with E-state index in [-0.39, 0.29) is 43.1 Å². The van der Waals surface area contributed by atoms with Crippen molar-refractivity contribution in [1.29, 1.82) is 0 Å². The molecule has 202 valence electrons. The smallest absolute Gasteiger partial charge is 0.245 e. The van der Waals surface area contributed by atoms with Crippen molar-refractivity contribution in [3.8, 4) is 0 Å². The van der Waals surface area contributed by atoms with Gasteiger partial charge < -0.3 is 26.6 Å². The summed E-state index contributed by atoms with van der Waals surface area (Å²) in [4.78, 5) is 29.5. The Morgan fingerprint density at radius 2 is 1.81 bits per heavy atom. The van der Waals surface area contributed by atoms with E-state index in [1.807, 2.05) is 11.0 Å². The quantitative estimate of drug-likeness (QED) is 0.415. The van der Waals surface area contributed by atoms with Crippen LogP contribution in [0.4, 0.5) is 10.1 Å². The zero-order valence-corrected chi connectivity index (χ0v) is 22.9. The highest BCUT2D eigenvalue weighted by molar-refractivity contribution is 6.35. The van der Waals surface area contributed by atoms with Crippen LogP contribution in [0.25, 0.3) is 0 Å². The maximum absolute atomic E-state index is 15.0. The molecule has 1 aliphatic rings. The number of nitrogens with one attached hydrogen (secondary N) is 1. The zero-order chi connectivity index (χ0) is 27.1. The highest BCUT2D eigenvalue weighted by Gasteiger charge is 2.31. The zero-order valence-electron chi connectivity index (χ0n) is 21.4. The van der Waals surface area contributed by atoms with Gasteiger partial charge in [-0.15, -0.1) is 0 Å². The number of carbonyl (C=O) groups is 2. The van der Waals surface area contributed by atoms with Gasteiger partial charge in [0.2, 0.25) is 11.8 Å². The van der Waals surface area contributed by atoms with E-state index < -0.39 is 6.04 Å². The second kappa shape index (κ2) is 13.4. The molecule has 2 aromatic carbocycles. The van der Waals surface area contributed by atoms with E-state index >= 15 is 0 Å². The third-order valence-corrected chi connectivity index (χ3v) is 7.08. The lowest BCUT2D eigenvalue weighted by molar-refractivity contribution is -0.136. The summed E-state index contributed by atoms with van der Waals surface area (Å²) in [5.41, 5.74) is 13.9. The largest absolute Gasteiger partial charge is 0.365 e. The number of amides is 2. The number of piperazine rings is 1. The highest BCUT2D eigenvalue weighted by Crippen LogP contribution is 2.32. The van der Waals surface area contributed by atoms with Crippen molar-refractivity contribution in [2.75, 3.05) is 37.6 Å². The molecular formula is C27H36Cl2FN5O2. The number of benzene rings is 2. The molecule has 3 rings (SSSR count). The van der Waals surface area contributed by atoms with Crippen molar-refractivity contribution in [2.24, 2.45) is 17.4 Å². The predicted molar refractivity (Wildman–Crippen MR) is 147 cm³/mol. The van der Waals surface area contributed by atoms with E-state index in [2.05, 4.69) is 19.2 Å². The summed E-state index contributed by atoms with van der Waals surface area (Å²) >= 11 is 12.4. The van der Waals surface area contributed by atoms with Gasteiger partial charge in [0.05, 0.1) is 5.69 Å². The fourth-order valence-electron chi connectivity index (χ4n) is 4.68. The standard InChI is InChI=1S/C27H36Cl2FN5O2/c1-17(2)14-23(32)20-4-3-5-22(30)26(20)34-10-12-35(13-11-34)27(37)24(33-25(36)8-9-31)15-18-6-7-19(28)16-21(18)29/h3-7,16-17,23-24H,8-15,31-32H2,1-2H3,(H,33,36)/t23-,24-/m1/s1. The van der Waals surface area contributed by atoms with Gasteiger partial charge in [-0.3, -0.25) is 9.59 Å². The number of nitrogens with zero attached hydrogens (tertiary/aromatic N) is 2. The summed E-state index contributed by atoms with van der Waals surface area (Å²) in [5, 5.41) is 3.72. The van der Waals surface area contributed by atoms with Gasteiger partial charge in [-0.25, -0.2) is 4.39 Å². The molecule has 0 saturated carbocycles. The highest BCUT2D eigenvalue weighted by atomic mass is 35.5. The van der Waals surface area contributed by atoms with Crippen molar-refractivity contribution < 1.29 is 14.0 Å². The van der Waals surface area contributed by atoms with Gasteiger partial charge in [0.1, 0.15) is 11.9 Å². The first-order valence-electron chi connectivity index (χ1n) is 12.6. The lowest BCUT2D eigenvalue weighted by Crippen LogP contribution is -2.56. The first-order valence-corrected chi connectivity index (χ1v) is 13.4. The summed E-state index contributed by atoms with van der Waals surface area (Å²) in [6.07, 6.45) is 1.07. The fourth-order valence-corrected chi connectivity index (χ4v) is 5.16. The molecule has 2 atom stereocenters. The molecule has 5 N–H and O–H groups in total. The maximum atomic E-state index is 15.0. The molecule has 0 spiro atoms. The summed E-state index contributed by atoms with van der Waals surface area (Å²) in [6, 6.07) is 8.96. The minimum absolute atomic E-state index is 0.110. The molecule has 0 bridgehead atoms. The number of hydrogen-bond acceptors (Lipinski definition) is 5. The molecule has 1 heterocycles. The Morgan fingerprint density at radius 3 is 2.43 bits per heavy atom. The first-order chi connectivity index (χ1) is 17.6. The van der Waals surface area contributed by atoms with Crippen LogP contribution in [0.15, 0.2) is 36.4 Å². The Labute approximate surface area is 228 Å². The molecule has 7 nitrogen and oxygen atoms in total. The predicted octanol–water partition coefficient (Wildman–Crippen LogP) is 3.90. The summed E-state index contributed by atoms with van der Waals surface area (Å²) < 4.78 is 15.0. The first kappa shape index (κ1) is 29.2. The molecule has 0 unspecified atom stereocenters. The third kappa shape index (κ3) is 7.80. The molecule has 1 saturated heterocycles. The van der Waals surface area contributed by atoms with E-state index in [1.54, 1.807) is 29.2 Å². The van der Waals surface area contributed by atoms with Gasteiger partial charge in [-0.1, -0.05) is 55.2 Å². The molecule has 0 aromatic heterocycles. The van der Waals surface area contributed by atoms with Crippen LogP contribution in [0.3, 0.4) is 0 Å². The number of nitrogens with two attached hydrogens (primary N) is 2. The molecule has 37 heavy (non-hydrogen) atoms. The Morgan fingerprint density at radius 1 is 1.11 bits per heavy atom. The minimum atomic E-state index is -0.812. The fraction of sp³-hybridized carbons (Fsp3) is 0.481. The average molecular weight is 553 g/mol. The lowest BCUT2D eigenvalue weighted by Gasteiger charge is -2.39. The minimum Gasteiger partial charge on any atom is -0.365 e. The molecule has 2 amide bonds. The lowest BCUT2D eigenvalue weighted by atomic mass is 9.95. The Hall–Kier alpha value is -2.39. The van der Waals surface area contributed by atoms with Crippen molar-refractivity contribution >= 4 is 40.7 Å². The molecule has 10 heteroatoms. The molecule has 1 aliphatic heterocycles. The second-order valence-electron chi connectivity index (χ2n) is 9.82. The van der Waals surface area contributed by atoms with Crippen LogP contribution < -0.4 is 21.7 Å². The second-order valence-corrected chi connectivity index (χ2v) is 10.7. The topological polar surface area (TPSA) is 105 Å². The molecule has 0 aliphatic carbocycles. The van der Waals surface area contributed by atoms with Crippen LogP contribution >= 0.6 is 23.2 Å². The van der Waals surface area contributed by atoms with Crippen LogP contribution in [0, 0.1) is 11.7 Å². The Balaban J connectivity index is 1.75. The van der Waals surface area contributed by atoms with Crippen LogP contribution in [0.5, 0.6) is 0 Å². The number of carbonyl (C=O) groups excluding carboxylic acids is 2. The van der Waals surface area contributed by atoms with Gasteiger partial charge in [0.25, 0.3) is 0 Å². The number of para-hydroxylation sites is 1. The normalized spacial score (nSPS) is 15.6. The van der Waals surface area contributed by atoms with Gasteiger partial charge in [-0.2, -0.15) is 0 Å². The Kier molecular flexibility index (Phi) is 10.6. The van der Waals surface area contributed by atoms with Crippen LogP contribution in [-0.4, -0.2) is 55.5 Å². The van der Waals surface area contributed by atoms with E-state index in [0.29, 0.717) is 53.4 Å². The van der Waals surface area contributed by atoms with Gasteiger partial charge >= 0.3 is 0 Å². The van der Waals surface area contributed by atoms with Crippen molar-refractivity contribution in [2.45, 2.75) is 45.2 Å². The number of halogens is 3. The molecular weight excluding hydrogens is 516 g/mol. The Bertz CT molecular complexity index is 1090. The van der Waals surface area contributed by atoms with Crippen LogP contribution in [0.2, 0.25) is 10.0 Å². The van der Waals surface area contributed by atoms with Gasteiger partial charge in [0.15, 0.2) is 0 Å². The van der Waals surface area contributed by atoms with Crippen molar-refractivity contribution in [1.82, 2.24) is 10.2 Å². The summed E-state index contributed by atoms with van der Waals surface area (Å²) in [6.45, 7) is 6.00. The number of hydrogen-bond donors (Lipinski definition) is 3. The number of anilines is 1. The van der Waals surface area contributed by atoms with E-state index in [1.165, 1.54) is 6.07 Å². The van der Waals surface area contributed by atoms with Crippen LogP contribution in [-0.2, 0) is 16.0 Å². The van der Waals surface area contributed by atoms with Gasteiger partial charge in [-0.05, 0) is 41.7 Å². The SMILES string of the molecule is CC(C)C[C@@H](N)c1cccc(F)c1N1CCN(C(=O)[C@@H](Cc2ccc(Cl)cc2Cl)NC(=O)CCN)CC1. The number of rotatable bonds is 10. The average Bonchev–Trinajstić information content (AvgIpc) is 2.84. The molecule has 0 radical (unpaired) electrons. The van der Waals surface area contributed by atoms with Gasteiger partial charge in [0, 0.05) is 61.7 Å². The van der Waals surface area contributed by atoms with E-state index in [9.17, 15) is 14.0 Å². The molecule has 2 aromatic rings.